The van der Waals surface area contributed by atoms with Gasteiger partial charge in [0.25, 0.3) is 0 Å². The smallest absolute Gasteiger partial charge is 0.113 e. The van der Waals surface area contributed by atoms with E-state index in [0.717, 1.165) is 25.9 Å². The minimum atomic E-state index is 0.0795. The molecule has 0 radical (unpaired) electrons. The van der Waals surface area contributed by atoms with E-state index in [4.69, 9.17) is 4.98 Å². The van der Waals surface area contributed by atoms with Crippen molar-refractivity contribution in [1.82, 2.24) is 15.2 Å². The number of hydrogen-bond donors (Lipinski definition) is 1. The van der Waals surface area contributed by atoms with E-state index in [1.54, 1.807) is 0 Å². The molecule has 120 valence electrons. The molecule has 2 rings (SSSR count). The molecule has 21 heavy (non-hydrogen) atoms. The van der Waals surface area contributed by atoms with Crippen LogP contribution in [0.15, 0.2) is 5.38 Å². The lowest BCUT2D eigenvalue weighted by molar-refractivity contribution is 0.105. The van der Waals surface area contributed by atoms with Gasteiger partial charge in [0.05, 0.1) is 11.2 Å². The third-order valence-corrected chi connectivity index (χ3v) is 5.73. The van der Waals surface area contributed by atoms with Crippen molar-refractivity contribution in [2.24, 2.45) is 0 Å². The van der Waals surface area contributed by atoms with E-state index >= 15 is 0 Å². The van der Waals surface area contributed by atoms with Crippen molar-refractivity contribution in [3.63, 3.8) is 0 Å². The van der Waals surface area contributed by atoms with Crippen molar-refractivity contribution in [3.05, 3.63) is 16.1 Å². The molecule has 0 amide bonds. The number of piperidine rings is 1. The Morgan fingerprint density at radius 1 is 1.48 bits per heavy atom. The number of nitrogens with one attached hydrogen (secondary N) is 1. The monoisotopic (exact) mass is 309 g/mol. The second kappa shape index (κ2) is 6.35. The van der Waals surface area contributed by atoms with Crippen LogP contribution in [0.25, 0.3) is 0 Å². The van der Waals surface area contributed by atoms with Crippen molar-refractivity contribution in [2.45, 2.75) is 70.9 Å². The molecule has 1 aliphatic rings. The van der Waals surface area contributed by atoms with Crippen LogP contribution in [0.5, 0.6) is 0 Å². The highest BCUT2D eigenvalue weighted by atomic mass is 32.1. The molecule has 1 aliphatic heterocycles. The standard InChI is InChI=1S/C17H31N3S/c1-7-9-18-17(8-10-20(6)13(2)11-17)15-19-14(12-21-15)16(3,4)5/h12-13,18H,7-11H2,1-6H3. The molecule has 0 aromatic carbocycles. The first-order chi connectivity index (χ1) is 9.78. The molecule has 0 saturated carbocycles. The summed E-state index contributed by atoms with van der Waals surface area (Å²) in [6, 6.07) is 0.602. The number of nitrogens with zero attached hydrogens (tertiary/aromatic N) is 2. The van der Waals surface area contributed by atoms with Gasteiger partial charge in [-0.1, -0.05) is 27.7 Å². The highest BCUT2D eigenvalue weighted by Crippen LogP contribution is 2.38. The van der Waals surface area contributed by atoms with Crippen molar-refractivity contribution in [2.75, 3.05) is 20.1 Å². The van der Waals surface area contributed by atoms with E-state index in [-0.39, 0.29) is 11.0 Å². The zero-order valence-corrected chi connectivity index (χ0v) is 15.3. The predicted octanol–water partition coefficient (Wildman–Crippen LogP) is 3.75. The van der Waals surface area contributed by atoms with Crippen LogP contribution < -0.4 is 5.32 Å². The molecule has 1 aromatic rings. The Balaban J connectivity index is 2.29. The fourth-order valence-electron chi connectivity index (χ4n) is 2.98. The van der Waals surface area contributed by atoms with Gasteiger partial charge < -0.3 is 10.2 Å². The second-order valence-corrected chi connectivity index (χ2v) is 8.44. The third kappa shape index (κ3) is 3.66. The Morgan fingerprint density at radius 3 is 2.71 bits per heavy atom. The summed E-state index contributed by atoms with van der Waals surface area (Å²) in [5.41, 5.74) is 1.44. The van der Waals surface area contributed by atoms with Crippen molar-refractivity contribution in [1.29, 1.82) is 0 Å². The summed E-state index contributed by atoms with van der Waals surface area (Å²) in [7, 11) is 2.23. The lowest BCUT2D eigenvalue weighted by Gasteiger charge is -2.44. The molecule has 1 aromatic heterocycles. The molecule has 2 unspecified atom stereocenters. The highest BCUT2D eigenvalue weighted by molar-refractivity contribution is 7.09. The lowest BCUT2D eigenvalue weighted by Crippen LogP contribution is -2.53. The molecule has 3 nitrogen and oxygen atoms in total. The molecule has 1 saturated heterocycles. The summed E-state index contributed by atoms with van der Waals surface area (Å²) in [5, 5.41) is 7.39. The third-order valence-electron chi connectivity index (χ3n) is 4.68. The summed E-state index contributed by atoms with van der Waals surface area (Å²) < 4.78 is 0. The van der Waals surface area contributed by atoms with Gasteiger partial charge in [0.1, 0.15) is 5.01 Å². The number of thiazole rings is 1. The first kappa shape index (κ1) is 16.9. The van der Waals surface area contributed by atoms with E-state index in [2.05, 4.69) is 57.3 Å². The van der Waals surface area contributed by atoms with Gasteiger partial charge in [-0.3, -0.25) is 0 Å². The quantitative estimate of drug-likeness (QED) is 0.918. The first-order valence-electron chi connectivity index (χ1n) is 8.20. The minimum Gasteiger partial charge on any atom is -0.305 e. The normalized spacial score (nSPS) is 28.0. The van der Waals surface area contributed by atoms with Crippen molar-refractivity contribution >= 4 is 11.3 Å². The maximum absolute atomic E-state index is 5.03. The van der Waals surface area contributed by atoms with Gasteiger partial charge in [-0.15, -0.1) is 11.3 Å². The number of aromatic nitrogens is 1. The average molecular weight is 310 g/mol. The van der Waals surface area contributed by atoms with E-state index in [1.807, 2.05) is 11.3 Å². The summed E-state index contributed by atoms with van der Waals surface area (Å²) in [6.45, 7) is 13.5. The van der Waals surface area contributed by atoms with Crippen LogP contribution in [0.4, 0.5) is 0 Å². The van der Waals surface area contributed by atoms with Gasteiger partial charge >= 0.3 is 0 Å². The molecule has 0 aliphatic carbocycles. The van der Waals surface area contributed by atoms with E-state index in [1.165, 1.54) is 17.1 Å². The fourth-order valence-corrected chi connectivity index (χ4v) is 4.25. The Hall–Kier alpha value is -0.450. The van der Waals surface area contributed by atoms with Crippen molar-refractivity contribution < 1.29 is 0 Å². The Bertz CT molecular complexity index is 459. The van der Waals surface area contributed by atoms with Crippen LogP contribution in [0.3, 0.4) is 0 Å². The predicted molar refractivity (Wildman–Crippen MR) is 92.1 cm³/mol. The van der Waals surface area contributed by atoms with E-state index in [0.29, 0.717) is 6.04 Å². The number of hydrogen-bond acceptors (Lipinski definition) is 4. The Morgan fingerprint density at radius 2 is 2.19 bits per heavy atom. The van der Waals surface area contributed by atoms with Gasteiger partial charge in [0.15, 0.2) is 0 Å². The van der Waals surface area contributed by atoms with Gasteiger partial charge in [0, 0.05) is 23.4 Å². The molecule has 2 atom stereocenters. The molecular weight excluding hydrogens is 278 g/mol. The topological polar surface area (TPSA) is 28.2 Å². The van der Waals surface area contributed by atoms with Crippen LogP contribution >= 0.6 is 11.3 Å². The molecule has 1 fully saturated rings. The van der Waals surface area contributed by atoms with Crippen LogP contribution in [-0.2, 0) is 11.0 Å². The summed E-state index contributed by atoms with van der Waals surface area (Å²) in [4.78, 5) is 7.49. The second-order valence-electron chi connectivity index (χ2n) is 7.58. The SMILES string of the molecule is CCCNC1(c2nc(C(C)(C)C)cs2)CCN(C)C(C)C1. The van der Waals surface area contributed by atoms with E-state index in [9.17, 15) is 0 Å². The zero-order valence-electron chi connectivity index (χ0n) is 14.5. The maximum atomic E-state index is 5.03. The van der Waals surface area contributed by atoms with Crippen molar-refractivity contribution in [3.8, 4) is 0 Å². The number of likely N-dealkylation sites (tertiary alicyclic amines) is 1. The molecule has 2 heterocycles. The maximum Gasteiger partial charge on any atom is 0.113 e. The zero-order chi connectivity index (χ0) is 15.7. The molecule has 4 heteroatoms. The summed E-state index contributed by atoms with van der Waals surface area (Å²) in [5.74, 6) is 0. The first-order valence-corrected chi connectivity index (χ1v) is 9.08. The van der Waals surface area contributed by atoms with Gasteiger partial charge in [-0.05, 0) is 39.8 Å². The van der Waals surface area contributed by atoms with Crippen LogP contribution in [0.2, 0.25) is 0 Å². The van der Waals surface area contributed by atoms with Crippen LogP contribution in [0, 0.1) is 0 Å². The van der Waals surface area contributed by atoms with Gasteiger partial charge in [0.2, 0.25) is 0 Å². The summed E-state index contributed by atoms with van der Waals surface area (Å²) >= 11 is 1.84. The molecule has 1 N–H and O–H groups in total. The summed E-state index contributed by atoms with van der Waals surface area (Å²) in [6.07, 6.45) is 3.48. The van der Waals surface area contributed by atoms with Gasteiger partial charge in [-0.25, -0.2) is 4.98 Å². The van der Waals surface area contributed by atoms with E-state index < -0.39 is 0 Å². The van der Waals surface area contributed by atoms with Crippen LogP contribution in [-0.4, -0.2) is 36.1 Å². The minimum absolute atomic E-state index is 0.0795. The fraction of sp³-hybridized carbons (Fsp3) is 0.824. The largest absolute Gasteiger partial charge is 0.305 e. The lowest BCUT2D eigenvalue weighted by atomic mass is 9.83. The Labute approximate surface area is 134 Å². The Kier molecular flexibility index (Phi) is 5.11. The molecular formula is C17H31N3S. The highest BCUT2D eigenvalue weighted by Gasteiger charge is 2.40. The molecule has 0 bridgehead atoms. The molecule has 0 spiro atoms. The average Bonchev–Trinajstić information content (AvgIpc) is 2.91. The van der Waals surface area contributed by atoms with Gasteiger partial charge in [-0.2, -0.15) is 0 Å². The van der Waals surface area contributed by atoms with Crippen LogP contribution in [0.1, 0.15) is 64.6 Å². The number of rotatable bonds is 4.